The highest BCUT2D eigenvalue weighted by molar-refractivity contribution is 5.85. The molecule has 1 aromatic heterocycles. The van der Waals surface area contributed by atoms with Crippen LogP contribution in [0.1, 0.15) is 17.7 Å². The molecule has 150 valence electrons. The SMILES string of the molecule is Cc1ccc(-c2ccc(Oc3ccc(CCC(N)(CO)CO)cc3)cc2)o1.Cl. The highest BCUT2D eigenvalue weighted by Gasteiger charge is 2.22. The monoisotopic (exact) mass is 403 g/mol. The Morgan fingerprint density at radius 1 is 0.893 bits per heavy atom. The molecule has 0 unspecified atom stereocenters. The highest BCUT2D eigenvalue weighted by Crippen LogP contribution is 2.27. The Bertz CT molecular complexity index is 855. The van der Waals surface area contributed by atoms with Crippen LogP contribution in [0.25, 0.3) is 11.3 Å². The quantitative estimate of drug-likeness (QED) is 0.527. The molecule has 2 aromatic carbocycles. The molecule has 4 N–H and O–H groups in total. The number of aryl methyl sites for hydroxylation is 2. The second kappa shape index (κ2) is 9.75. The summed E-state index contributed by atoms with van der Waals surface area (Å²) in [4.78, 5) is 0. The van der Waals surface area contributed by atoms with Crippen LogP contribution in [0.5, 0.6) is 11.5 Å². The summed E-state index contributed by atoms with van der Waals surface area (Å²) in [6.07, 6.45) is 1.18. The van der Waals surface area contributed by atoms with E-state index >= 15 is 0 Å². The average Bonchev–Trinajstić information content (AvgIpc) is 3.14. The van der Waals surface area contributed by atoms with Crippen LogP contribution in [0, 0.1) is 6.92 Å². The topological polar surface area (TPSA) is 88.9 Å². The largest absolute Gasteiger partial charge is 0.461 e. The standard InChI is InChI=1S/C22H25NO4.ClH/c1-16-2-11-21(26-16)18-5-9-20(10-6-18)27-19-7-3-17(4-8-19)12-13-22(23,14-24)15-25;/h2-11,24-25H,12-15,23H2,1H3;1H. The maximum Gasteiger partial charge on any atom is 0.134 e. The lowest BCUT2D eigenvalue weighted by Crippen LogP contribution is -2.47. The van der Waals surface area contributed by atoms with Gasteiger partial charge in [0.1, 0.15) is 23.0 Å². The molecule has 0 aliphatic rings. The van der Waals surface area contributed by atoms with Gasteiger partial charge in [0.2, 0.25) is 0 Å². The maximum absolute atomic E-state index is 9.25. The van der Waals surface area contributed by atoms with E-state index in [0.29, 0.717) is 12.8 Å². The van der Waals surface area contributed by atoms with Crippen LogP contribution in [0.4, 0.5) is 0 Å². The van der Waals surface area contributed by atoms with Crippen molar-refractivity contribution in [2.75, 3.05) is 13.2 Å². The summed E-state index contributed by atoms with van der Waals surface area (Å²) in [5.74, 6) is 3.21. The van der Waals surface area contributed by atoms with Crippen molar-refractivity contribution in [2.24, 2.45) is 5.73 Å². The molecule has 5 nitrogen and oxygen atoms in total. The lowest BCUT2D eigenvalue weighted by atomic mass is 9.94. The third-order valence-corrected chi connectivity index (χ3v) is 4.58. The highest BCUT2D eigenvalue weighted by atomic mass is 35.5. The summed E-state index contributed by atoms with van der Waals surface area (Å²) >= 11 is 0. The Kier molecular flexibility index (Phi) is 7.66. The zero-order chi connectivity index (χ0) is 19.3. The Balaban J connectivity index is 0.00000280. The van der Waals surface area contributed by atoms with Gasteiger partial charge in [-0.3, -0.25) is 0 Å². The number of ether oxygens (including phenoxy) is 1. The fraction of sp³-hybridized carbons (Fsp3) is 0.273. The minimum absolute atomic E-state index is 0. The number of aliphatic hydroxyl groups excluding tert-OH is 2. The lowest BCUT2D eigenvalue weighted by Gasteiger charge is -2.24. The summed E-state index contributed by atoms with van der Waals surface area (Å²) in [5.41, 5.74) is 7.04. The molecule has 28 heavy (non-hydrogen) atoms. The van der Waals surface area contributed by atoms with Gasteiger partial charge in [-0.2, -0.15) is 0 Å². The average molecular weight is 404 g/mol. The van der Waals surface area contributed by atoms with Crippen molar-refractivity contribution in [3.63, 3.8) is 0 Å². The van der Waals surface area contributed by atoms with Gasteiger partial charge in [-0.15, -0.1) is 12.4 Å². The first-order valence-corrected chi connectivity index (χ1v) is 8.96. The third-order valence-electron chi connectivity index (χ3n) is 4.58. The molecule has 0 aliphatic heterocycles. The molecular weight excluding hydrogens is 378 g/mol. The van der Waals surface area contributed by atoms with E-state index in [2.05, 4.69) is 0 Å². The van der Waals surface area contributed by atoms with Gasteiger partial charge in [0.15, 0.2) is 0 Å². The van der Waals surface area contributed by atoms with Gasteiger partial charge in [-0.05, 0) is 73.9 Å². The fourth-order valence-corrected chi connectivity index (χ4v) is 2.74. The number of rotatable bonds is 8. The summed E-state index contributed by atoms with van der Waals surface area (Å²) in [7, 11) is 0. The second-order valence-corrected chi connectivity index (χ2v) is 6.86. The van der Waals surface area contributed by atoms with E-state index in [-0.39, 0.29) is 25.6 Å². The molecule has 0 atom stereocenters. The van der Waals surface area contributed by atoms with Crippen LogP contribution in [0.15, 0.2) is 65.1 Å². The smallest absolute Gasteiger partial charge is 0.134 e. The number of halogens is 1. The van der Waals surface area contributed by atoms with Crippen molar-refractivity contribution in [1.82, 2.24) is 0 Å². The Morgan fingerprint density at radius 3 is 1.96 bits per heavy atom. The van der Waals surface area contributed by atoms with E-state index in [4.69, 9.17) is 14.9 Å². The summed E-state index contributed by atoms with van der Waals surface area (Å²) < 4.78 is 11.5. The van der Waals surface area contributed by atoms with E-state index in [9.17, 15) is 10.2 Å². The van der Waals surface area contributed by atoms with Gasteiger partial charge in [0, 0.05) is 5.56 Å². The molecule has 0 spiro atoms. The third kappa shape index (κ3) is 5.59. The summed E-state index contributed by atoms with van der Waals surface area (Å²) in [6, 6.07) is 19.4. The molecule has 1 heterocycles. The maximum atomic E-state index is 9.25. The van der Waals surface area contributed by atoms with Crippen molar-refractivity contribution in [3.8, 4) is 22.8 Å². The van der Waals surface area contributed by atoms with Gasteiger partial charge in [0.25, 0.3) is 0 Å². The van der Waals surface area contributed by atoms with E-state index in [1.807, 2.05) is 67.6 Å². The van der Waals surface area contributed by atoms with Crippen molar-refractivity contribution in [1.29, 1.82) is 0 Å². The van der Waals surface area contributed by atoms with E-state index in [1.54, 1.807) is 0 Å². The van der Waals surface area contributed by atoms with E-state index < -0.39 is 5.54 Å². The minimum Gasteiger partial charge on any atom is -0.461 e. The van der Waals surface area contributed by atoms with Crippen LogP contribution in [-0.2, 0) is 6.42 Å². The number of hydrogen-bond donors (Lipinski definition) is 3. The van der Waals surface area contributed by atoms with Crippen LogP contribution in [0.2, 0.25) is 0 Å². The van der Waals surface area contributed by atoms with E-state index in [0.717, 1.165) is 34.1 Å². The second-order valence-electron chi connectivity index (χ2n) is 6.86. The minimum atomic E-state index is -0.941. The number of furan rings is 1. The Morgan fingerprint density at radius 2 is 1.46 bits per heavy atom. The molecule has 0 aliphatic carbocycles. The molecule has 0 saturated carbocycles. The zero-order valence-electron chi connectivity index (χ0n) is 15.8. The van der Waals surface area contributed by atoms with Crippen molar-refractivity contribution in [3.05, 3.63) is 72.0 Å². The van der Waals surface area contributed by atoms with Gasteiger partial charge >= 0.3 is 0 Å². The summed E-state index contributed by atoms with van der Waals surface area (Å²) in [6.45, 7) is 1.45. The molecule has 0 amide bonds. The number of benzene rings is 2. The first-order chi connectivity index (χ1) is 13.0. The molecule has 0 bridgehead atoms. The zero-order valence-corrected chi connectivity index (χ0v) is 16.6. The molecule has 0 saturated heterocycles. The molecule has 3 aromatic rings. The predicted octanol–water partition coefficient (Wildman–Crippen LogP) is 4.08. The first kappa shape index (κ1) is 22.0. The summed E-state index contributed by atoms with van der Waals surface area (Å²) in [5, 5.41) is 18.5. The lowest BCUT2D eigenvalue weighted by molar-refractivity contribution is 0.115. The Labute approximate surface area is 171 Å². The van der Waals surface area contributed by atoms with Gasteiger partial charge < -0.3 is 25.1 Å². The van der Waals surface area contributed by atoms with Gasteiger partial charge in [0.05, 0.1) is 18.8 Å². The fourth-order valence-electron chi connectivity index (χ4n) is 2.74. The van der Waals surface area contributed by atoms with Crippen LogP contribution < -0.4 is 10.5 Å². The van der Waals surface area contributed by atoms with Crippen molar-refractivity contribution in [2.45, 2.75) is 25.3 Å². The molecular formula is C22H26ClNO4. The molecule has 0 radical (unpaired) electrons. The van der Waals surface area contributed by atoms with Crippen molar-refractivity contribution >= 4 is 12.4 Å². The number of nitrogens with two attached hydrogens (primary N) is 1. The number of aliphatic hydroxyl groups is 2. The normalized spacial score (nSPS) is 11.1. The number of hydrogen-bond acceptors (Lipinski definition) is 5. The Hall–Kier alpha value is -2.31. The van der Waals surface area contributed by atoms with Gasteiger partial charge in [-0.25, -0.2) is 0 Å². The van der Waals surface area contributed by atoms with Crippen LogP contribution in [-0.4, -0.2) is 29.0 Å². The van der Waals surface area contributed by atoms with Crippen molar-refractivity contribution < 1.29 is 19.4 Å². The molecule has 3 rings (SSSR count). The molecule has 6 heteroatoms. The predicted molar refractivity (Wildman–Crippen MR) is 112 cm³/mol. The van der Waals surface area contributed by atoms with E-state index in [1.165, 1.54) is 0 Å². The van der Waals surface area contributed by atoms with Gasteiger partial charge in [-0.1, -0.05) is 12.1 Å². The first-order valence-electron chi connectivity index (χ1n) is 8.96. The van der Waals surface area contributed by atoms with Crippen LogP contribution in [0.3, 0.4) is 0 Å². The molecule has 0 fully saturated rings. The van der Waals surface area contributed by atoms with Crippen LogP contribution >= 0.6 is 12.4 Å².